The third kappa shape index (κ3) is 3.83. The van der Waals surface area contributed by atoms with Crippen molar-refractivity contribution in [1.82, 2.24) is 4.90 Å². The van der Waals surface area contributed by atoms with Gasteiger partial charge in [-0.1, -0.05) is 79.2 Å². The third-order valence-electron chi connectivity index (χ3n) is 4.20. The smallest absolute Gasteiger partial charge is 0.0534 e. The summed E-state index contributed by atoms with van der Waals surface area (Å²) >= 11 is 0. The number of rotatable bonds is 4. The molecule has 1 unspecified atom stereocenters. The van der Waals surface area contributed by atoms with E-state index in [1.54, 1.807) is 0 Å². The van der Waals surface area contributed by atoms with Gasteiger partial charge in [0.25, 0.3) is 0 Å². The molecule has 0 aliphatic carbocycles. The predicted octanol–water partition coefficient (Wildman–Crippen LogP) is 4.93. The summed E-state index contributed by atoms with van der Waals surface area (Å²) in [7, 11) is 0. The van der Waals surface area contributed by atoms with Gasteiger partial charge in [-0.15, -0.1) is 0 Å². The highest BCUT2D eigenvalue weighted by Crippen LogP contribution is 2.26. The maximum atomic E-state index is 2.61. The lowest BCUT2D eigenvalue weighted by molar-refractivity contribution is 0.192. The van der Waals surface area contributed by atoms with E-state index in [1.807, 2.05) is 0 Å². The van der Waals surface area contributed by atoms with E-state index in [4.69, 9.17) is 0 Å². The van der Waals surface area contributed by atoms with Crippen LogP contribution in [0.5, 0.6) is 0 Å². The van der Waals surface area contributed by atoms with Crippen LogP contribution in [0.15, 0.2) is 66.7 Å². The molecule has 1 fully saturated rings. The van der Waals surface area contributed by atoms with Gasteiger partial charge in [-0.25, -0.2) is 0 Å². The Hall–Kier alpha value is -1.86. The lowest BCUT2D eigenvalue weighted by Gasteiger charge is -2.33. The average Bonchev–Trinajstić information content (AvgIpc) is 2.58. The molecule has 21 heavy (non-hydrogen) atoms. The van der Waals surface area contributed by atoms with Gasteiger partial charge in [-0.3, -0.25) is 4.90 Å². The molecule has 1 aliphatic heterocycles. The first kappa shape index (κ1) is 14.1. The van der Waals surface area contributed by atoms with Crippen molar-refractivity contribution in [2.24, 2.45) is 0 Å². The lowest BCUT2D eigenvalue weighted by Crippen LogP contribution is -2.32. The molecule has 0 radical (unpaired) electrons. The maximum Gasteiger partial charge on any atom is 0.0534 e. The van der Waals surface area contributed by atoms with Crippen LogP contribution in [0.1, 0.15) is 36.4 Å². The maximum absolute atomic E-state index is 2.61. The minimum atomic E-state index is 0.395. The highest BCUT2D eigenvalue weighted by Gasteiger charge is 2.19. The Morgan fingerprint density at radius 3 is 2.05 bits per heavy atom. The molecular weight excluding hydrogens is 254 g/mol. The fraction of sp³-hybridized carbons (Fsp3) is 0.300. The van der Waals surface area contributed by atoms with Crippen molar-refractivity contribution in [2.45, 2.75) is 25.3 Å². The summed E-state index contributed by atoms with van der Waals surface area (Å²) in [6.07, 6.45) is 8.63. The first-order valence-corrected chi connectivity index (χ1v) is 7.96. The van der Waals surface area contributed by atoms with Crippen LogP contribution in [-0.4, -0.2) is 18.0 Å². The molecule has 0 spiro atoms. The Kier molecular flexibility index (Phi) is 4.86. The summed E-state index contributed by atoms with van der Waals surface area (Å²) < 4.78 is 0. The monoisotopic (exact) mass is 277 g/mol. The fourth-order valence-corrected chi connectivity index (χ4v) is 3.06. The normalized spacial score (nSPS) is 17.9. The van der Waals surface area contributed by atoms with Crippen LogP contribution in [0.25, 0.3) is 6.08 Å². The molecule has 1 heterocycles. The van der Waals surface area contributed by atoms with Crippen molar-refractivity contribution in [3.05, 3.63) is 77.9 Å². The second kappa shape index (κ2) is 7.24. The Morgan fingerprint density at radius 1 is 0.762 bits per heavy atom. The SMILES string of the molecule is C(=C\C(c1ccccc1)N1CCCCC1)/c1ccccc1. The molecule has 0 bridgehead atoms. The zero-order valence-corrected chi connectivity index (χ0v) is 12.5. The van der Waals surface area contributed by atoms with Gasteiger partial charge < -0.3 is 0 Å². The molecule has 1 heteroatoms. The lowest BCUT2D eigenvalue weighted by atomic mass is 10.0. The Balaban J connectivity index is 1.83. The van der Waals surface area contributed by atoms with Crippen LogP contribution in [0, 0.1) is 0 Å². The quantitative estimate of drug-likeness (QED) is 0.766. The third-order valence-corrected chi connectivity index (χ3v) is 4.20. The van der Waals surface area contributed by atoms with Crippen molar-refractivity contribution < 1.29 is 0 Å². The van der Waals surface area contributed by atoms with Gasteiger partial charge >= 0.3 is 0 Å². The van der Waals surface area contributed by atoms with E-state index in [-0.39, 0.29) is 0 Å². The first-order valence-electron chi connectivity index (χ1n) is 7.96. The van der Waals surface area contributed by atoms with E-state index in [9.17, 15) is 0 Å². The van der Waals surface area contributed by atoms with Crippen LogP contribution >= 0.6 is 0 Å². The number of hydrogen-bond donors (Lipinski definition) is 0. The minimum absolute atomic E-state index is 0.395. The van der Waals surface area contributed by atoms with Gasteiger partial charge in [0.2, 0.25) is 0 Å². The van der Waals surface area contributed by atoms with Gasteiger partial charge in [-0.2, -0.15) is 0 Å². The molecule has 0 saturated carbocycles. The van der Waals surface area contributed by atoms with Crippen LogP contribution in [0.3, 0.4) is 0 Å². The molecule has 1 saturated heterocycles. The van der Waals surface area contributed by atoms with Gasteiger partial charge in [0.15, 0.2) is 0 Å². The van der Waals surface area contributed by atoms with Crippen LogP contribution in [0.4, 0.5) is 0 Å². The summed E-state index contributed by atoms with van der Waals surface area (Å²) in [6.45, 7) is 2.41. The van der Waals surface area contributed by atoms with Crippen molar-refractivity contribution in [2.75, 3.05) is 13.1 Å². The van der Waals surface area contributed by atoms with E-state index in [1.165, 1.54) is 43.5 Å². The van der Waals surface area contributed by atoms with E-state index in [0.29, 0.717) is 6.04 Å². The van der Waals surface area contributed by atoms with E-state index < -0.39 is 0 Å². The van der Waals surface area contributed by atoms with Crippen LogP contribution in [-0.2, 0) is 0 Å². The van der Waals surface area contributed by atoms with Crippen LogP contribution in [0.2, 0.25) is 0 Å². The van der Waals surface area contributed by atoms with Gasteiger partial charge in [0.1, 0.15) is 0 Å². The van der Waals surface area contributed by atoms with Crippen molar-refractivity contribution >= 4 is 6.08 Å². The van der Waals surface area contributed by atoms with E-state index >= 15 is 0 Å². The van der Waals surface area contributed by atoms with E-state index in [0.717, 1.165) is 0 Å². The molecule has 1 atom stereocenters. The molecule has 2 aromatic carbocycles. The largest absolute Gasteiger partial charge is 0.293 e. The fourth-order valence-electron chi connectivity index (χ4n) is 3.06. The van der Waals surface area contributed by atoms with Gasteiger partial charge in [-0.05, 0) is 37.1 Å². The van der Waals surface area contributed by atoms with Crippen molar-refractivity contribution in [3.63, 3.8) is 0 Å². The zero-order chi connectivity index (χ0) is 14.3. The molecule has 0 amide bonds. The summed E-state index contributed by atoms with van der Waals surface area (Å²) in [6, 6.07) is 21.8. The average molecular weight is 277 g/mol. The molecule has 1 nitrogen and oxygen atoms in total. The number of hydrogen-bond acceptors (Lipinski definition) is 1. The standard InChI is InChI=1S/C20H23N/c1-4-10-18(11-5-1)14-15-20(19-12-6-2-7-13-19)21-16-8-3-9-17-21/h1-2,4-7,10-15,20H,3,8-9,16-17H2/b15-14+. The molecule has 0 N–H and O–H groups in total. The summed E-state index contributed by atoms with van der Waals surface area (Å²) in [5, 5.41) is 0. The topological polar surface area (TPSA) is 3.24 Å². The molecule has 3 rings (SSSR count). The number of piperidine rings is 1. The zero-order valence-electron chi connectivity index (χ0n) is 12.5. The summed E-state index contributed by atoms with van der Waals surface area (Å²) in [5.74, 6) is 0. The molecular formula is C20H23N. The Morgan fingerprint density at radius 2 is 1.38 bits per heavy atom. The van der Waals surface area contributed by atoms with Crippen molar-refractivity contribution in [1.29, 1.82) is 0 Å². The number of likely N-dealkylation sites (tertiary alicyclic amines) is 1. The molecule has 0 aromatic heterocycles. The highest BCUT2D eigenvalue weighted by molar-refractivity contribution is 5.50. The summed E-state index contributed by atoms with van der Waals surface area (Å²) in [4.78, 5) is 2.61. The second-order valence-corrected chi connectivity index (χ2v) is 5.72. The number of benzene rings is 2. The van der Waals surface area contributed by atoms with Gasteiger partial charge in [0.05, 0.1) is 6.04 Å². The highest BCUT2D eigenvalue weighted by atomic mass is 15.2. The van der Waals surface area contributed by atoms with Crippen molar-refractivity contribution in [3.8, 4) is 0 Å². The van der Waals surface area contributed by atoms with Crippen LogP contribution < -0.4 is 0 Å². The van der Waals surface area contributed by atoms with E-state index in [2.05, 4.69) is 77.7 Å². The Bertz CT molecular complexity index is 553. The minimum Gasteiger partial charge on any atom is -0.293 e. The molecule has 1 aliphatic rings. The molecule has 2 aromatic rings. The summed E-state index contributed by atoms with van der Waals surface area (Å²) in [5.41, 5.74) is 2.67. The molecule has 108 valence electrons. The van der Waals surface area contributed by atoms with Gasteiger partial charge in [0, 0.05) is 0 Å². The predicted molar refractivity (Wildman–Crippen MR) is 90.1 cm³/mol. The first-order chi connectivity index (χ1) is 10.4. The number of nitrogens with zero attached hydrogens (tertiary/aromatic N) is 1. The second-order valence-electron chi connectivity index (χ2n) is 5.72. The Labute approximate surface area is 127 Å².